The standard InChI is InChI=1S/C28H25ClF12O3S/c1-3-6-25(31,32)18-8-17(9-19(29)11-18)21(27(36,37)38)12-23(30)16-4-5-20(22(10-16)28(39,40)41)24(42)7-15(2)13-45(43,44)14-26(33,34)35/h4-5,8-12,15,21H,3,6-7,13-14H2,1-2H3/b23-12-/t15-,21?/m0/s1. The van der Waals surface area contributed by atoms with Gasteiger partial charge in [-0.05, 0) is 41.8 Å². The Bertz CT molecular complexity index is 1510. The van der Waals surface area contributed by atoms with Crippen molar-refractivity contribution >= 4 is 33.0 Å². The summed E-state index contributed by atoms with van der Waals surface area (Å²) in [6.07, 6.45) is -17.7. The van der Waals surface area contributed by atoms with Crippen molar-refractivity contribution in [3.05, 3.63) is 75.3 Å². The predicted octanol–water partition coefficient (Wildman–Crippen LogP) is 10.1. The number of alkyl halides is 11. The Hall–Kier alpha value is -2.75. The summed E-state index contributed by atoms with van der Waals surface area (Å²) in [5.41, 5.74) is -5.84. The first-order valence-electron chi connectivity index (χ1n) is 12.9. The third kappa shape index (κ3) is 11.2. The van der Waals surface area contributed by atoms with E-state index in [0.717, 1.165) is 13.0 Å². The minimum absolute atomic E-state index is 0.0242. The molecule has 0 heterocycles. The van der Waals surface area contributed by atoms with Crippen LogP contribution >= 0.6 is 11.6 Å². The number of rotatable bonds is 12. The molecule has 0 radical (unpaired) electrons. The highest BCUT2D eigenvalue weighted by atomic mass is 35.5. The van der Waals surface area contributed by atoms with Gasteiger partial charge in [0.15, 0.2) is 15.6 Å². The largest absolute Gasteiger partial charge is 0.417 e. The molecule has 0 fully saturated rings. The van der Waals surface area contributed by atoms with Crippen molar-refractivity contribution in [2.75, 3.05) is 11.5 Å². The van der Waals surface area contributed by atoms with Gasteiger partial charge in [0.05, 0.1) is 11.3 Å². The zero-order valence-corrected chi connectivity index (χ0v) is 24.9. The van der Waals surface area contributed by atoms with Crippen LogP contribution in [-0.2, 0) is 21.9 Å². The Kier molecular flexibility index (Phi) is 11.9. The first kappa shape index (κ1) is 38.4. The topological polar surface area (TPSA) is 51.2 Å². The summed E-state index contributed by atoms with van der Waals surface area (Å²) in [5.74, 6) is -14.6. The van der Waals surface area contributed by atoms with E-state index >= 15 is 4.39 Å². The number of carbonyl (C=O) groups excluding carboxylic acids is 1. The molecule has 2 aromatic carbocycles. The molecule has 1 unspecified atom stereocenters. The fraction of sp³-hybridized carbons (Fsp3) is 0.464. The molecule has 252 valence electrons. The minimum atomic E-state index is -5.39. The summed E-state index contributed by atoms with van der Waals surface area (Å²) in [6.45, 7) is 2.40. The average Bonchev–Trinajstić information content (AvgIpc) is 2.83. The third-order valence-electron chi connectivity index (χ3n) is 6.29. The molecule has 0 spiro atoms. The lowest BCUT2D eigenvalue weighted by atomic mass is 9.91. The molecule has 45 heavy (non-hydrogen) atoms. The fourth-order valence-electron chi connectivity index (χ4n) is 4.48. The van der Waals surface area contributed by atoms with E-state index in [1.165, 1.54) is 6.92 Å². The molecule has 0 aliphatic heterocycles. The third-order valence-corrected chi connectivity index (χ3v) is 8.35. The number of hydrogen-bond donors (Lipinski definition) is 0. The Labute approximate surface area is 255 Å². The smallest absolute Gasteiger partial charge is 0.294 e. The molecule has 0 saturated carbocycles. The van der Waals surface area contributed by atoms with Gasteiger partial charge in [-0.2, -0.15) is 39.5 Å². The number of allylic oxidation sites excluding steroid dienone is 1. The van der Waals surface area contributed by atoms with Crippen molar-refractivity contribution in [1.29, 1.82) is 0 Å². The van der Waals surface area contributed by atoms with Gasteiger partial charge in [-0.15, -0.1) is 0 Å². The molecule has 0 saturated heterocycles. The van der Waals surface area contributed by atoms with E-state index in [-0.39, 0.29) is 18.6 Å². The van der Waals surface area contributed by atoms with Crippen LogP contribution in [0.1, 0.15) is 71.6 Å². The van der Waals surface area contributed by atoms with Crippen LogP contribution < -0.4 is 0 Å². The number of hydrogen-bond acceptors (Lipinski definition) is 3. The second-order valence-corrected chi connectivity index (χ2v) is 13.0. The van der Waals surface area contributed by atoms with E-state index in [4.69, 9.17) is 11.6 Å². The molecule has 0 aliphatic rings. The van der Waals surface area contributed by atoms with Crippen LogP contribution in [0.15, 0.2) is 42.5 Å². The highest BCUT2D eigenvalue weighted by molar-refractivity contribution is 7.91. The number of benzene rings is 2. The first-order valence-corrected chi connectivity index (χ1v) is 15.1. The maximum absolute atomic E-state index is 15.2. The Morgan fingerprint density at radius 1 is 0.933 bits per heavy atom. The van der Waals surface area contributed by atoms with E-state index in [1.807, 2.05) is 0 Å². The molecule has 2 aromatic rings. The van der Waals surface area contributed by atoms with Gasteiger partial charge in [0.25, 0.3) is 5.92 Å². The van der Waals surface area contributed by atoms with Crippen LogP contribution in [0.25, 0.3) is 5.83 Å². The highest BCUT2D eigenvalue weighted by Gasteiger charge is 2.42. The molecule has 2 rings (SSSR count). The van der Waals surface area contributed by atoms with E-state index in [1.54, 1.807) is 0 Å². The number of carbonyl (C=O) groups is 1. The van der Waals surface area contributed by atoms with Crippen LogP contribution in [0.3, 0.4) is 0 Å². The van der Waals surface area contributed by atoms with Crippen LogP contribution in [-0.4, -0.2) is 38.1 Å². The van der Waals surface area contributed by atoms with Gasteiger partial charge in [-0.25, -0.2) is 21.6 Å². The normalized spacial score (nSPS) is 15.2. The molecule has 0 aliphatic carbocycles. The molecular formula is C28H25ClF12O3S. The van der Waals surface area contributed by atoms with Gasteiger partial charge in [0, 0.05) is 34.6 Å². The lowest BCUT2D eigenvalue weighted by Crippen LogP contribution is -2.28. The van der Waals surface area contributed by atoms with Crippen LogP contribution in [0.4, 0.5) is 52.7 Å². The number of halogens is 13. The van der Waals surface area contributed by atoms with E-state index in [9.17, 15) is 61.5 Å². The van der Waals surface area contributed by atoms with Crippen LogP contribution in [0, 0.1) is 5.92 Å². The SMILES string of the molecule is CCCC(F)(F)c1cc(Cl)cc(C(/C=C(\F)c2ccc(C(=O)C[C@H](C)CS(=O)(=O)CC(F)(F)F)c(C(F)(F)F)c2)C(F)(F)F)c1. The maximum Gasteiger partial charge on any atom is 0.417 e. The second kappa shape index (κ2) is 13.9. The molecule has 0 aromatic heterocycles. The zero-order chi connectivity index (χ0) is 34.8. The fourth-order valence-corrected chi connectivity index (χ4v) is 6.33. The average molecular weight is 705 g/mol. The Morgan fingerprint density at radius 2 is 1.53 bits per heavy atom. The molecule has 3 nitrogen and oxygen atoms in total. The van der Waals surface area contributed by atoms with E-state index in [0.29, 0.717) is 24.3 Å². The van der Waals surface area contributed by atoms with Crippen molar-refractivity contribution in [2.24, 2.45) is 5.92 Å². The number of Topliss-reactive ketones (excluding diaryl/α,β-unsaturated/α-hetero) is 1. The monoisotopic (exact) mass is 704 g/mol. The molecule has 0 bridgehead atoms. The lowest BCUT2D eigenvalue weighted by molar-refractivity contribution is -0.140. The summed E-state index contributed by atoms with van der Waals surface area (Å²) < 4.78 is 188. The number of ketones is 1. The van der Waals surface area contributed by atoms with Gasteiger partial charge in [-0.1, -0.05) is 44.0 Å². The van der Waals surface area contributed by atoms with Gasteiger partial charge < -0.3 is 0 Å². The second-order valence-electron chi connectivity index (χ2n) is 10.4. The minimum Gasteiger partial charge on any atom is -0.294 e. The van der Waals surface area contributed by atoms with Crippen LogP contribution in [0.2, 0.25) is 5.02 Å². The Morgan fingerprint density at radius 3 is 2.04 bits per heavy atom. The van der Waals surface area contributed by atoms with Gasteiger partial charge >= 0.3 is 18.5 Å². The van der Waals surface area contributed by atoms with Crippen molar-refractivity contribution in [3.8, 4) is 0 Å². The summed E-state index contributed by atoms with van der Waals surface area (Å²) >= 11 is 5.77. The van der Waals surface area contributed by atoms with Crippen molar-refractivity contribution in [1.82, 2.24) is 0 Å². The first-order chi connectivity index (χ1) is 20.3. The molecule has 2 atom stereocenters. The molecule has 0 N–H and O–H groups in total. The predicted molar refractivity (Wildman–Crippen MR) is 142 cm³/mol. The van der Waals surface area contributed by atoms with Gasteiger partial charge in [0.2, 0.25) is 0 Å². The quantitative estimate of drug-likeness (QED) is 0.163. The maximum atomic E-state index is 15.2. The van der Waals surface area contributed by atoms with Gasteiger partial charge in [0.1, 0.15) is 17.5 Å². The highest BCUT2D eigenvalue weighted by Crippen LogP contribution is 2.43. The van der Waals surface area contributed by atoms with Crippen molar-refractivity contribution in [3.63, 3.8) is 0 Å². The van der Waals surface area contributed by atoms with Gasteiger partial charge in [-0.3, -0.25) is 4.79 Å². The lowest BCUT2D eigenvalue weighted by Gasteiger charge is -2.22. The van der Waals surface area contributed by atoms with E-state index < -0.39 is 115 Å². The van der Waals surface area contributed by atoms with Crippen molar-refractivity contribution in [2.45, 2.75) is 63.5 Å². The van der Waals surface area contributed by atoms with Crippen molar-refractivity contribution < 1.29 is 65.9 Å². The zero-order valence-electron chi connectivity index (χ0n) is 23.3. The summed E-state index contributed by atoms with van der Waals surface area (Å²) in [7, 11) is -4.78. The summed E-state index contributed by atoms with van der Waals surface area (Å²) in [4.78, 5) is 12.6. The summed E-state index contributed by atoms with van der Waals surface area (Å²) in [6, 6.07) is 2.82. The molecule has 0 amide bonds. The molecule has 17 heteroatoms. The van der Waals surface area contributed by atoms with E-state index in [2.05, 4.69) is 0 Å². The van der Waals surface area contributed by atoms with Crippen LogP contribution in [0.5, 0.6) is 0 Å². The molecular weight excluding hydrogens is 680 g/mol. The Balaban J connectivity index is 2.52. The number of sulfone groups is 1. The summed E-state index contributed by atoms with van der Waals surface area (Å²) in [5, 5.41) is -0.538.